The summed E-state index contributed by atoms with van der Waals surface area (Å²) in [6.07, 6.45) is -6.80. The highest BCUT2D eigenvalue weighted by atomic mass is 32.2. The second-order valence-corrected chi connectivity index (χ2v) is 6.69. The Hall–Kier alpha value is -1.49. The average Bonchev–Trinajstić information content (AvgIpc) is 2.67. The lowest BCUT2D eigenvalue weighted by molar-refractivity contribution is -0.0976. The third-order valence-corrected chi connectivity index (χ3v) is 4.70. The van der Waals surface area contributed by atoms with Crippen LogP contribution in [0.15, 0.2) is 17.0 Å². The highest BCUT2D eigenvalue weighted by Crippen LogP contribution is 2.49. The summed E-state index contributed by atoms with van der Waals surface area (Å²) in [6, 6.07) is 1.27. The number of sulfone groups is 1. The zero-order valence-corrected chi connectivity index (χ0v) is 12.0. The Morgan fingerprint density at radius 1 is 1.26 bits per heavy atom. The topological polar surface area (TPSA) is 63.6 Å². The minimum absolute atomic E-state index is 0.509. The fraction of sp³-hybridized carbons (Fsp3) is 0.500. The Bertz CT molecular complexity index is 704. The van der Waals surface area contributed by atoms with E-state index in [0.29, 0.717) is 6.07 Å². The van der Waals surface area contributed by atoms with E-state index in [1.807, 2.05) is 0 Å². The van der Waals surface area contributed by atoms with Crippen molar-refractivity contribution in [2.75, 3.05) is 6.61 Å². The molecule has 1 aliphatic rings. The van der Waals surface area contributed by atoms with Gasteiger partial charge in [-0.1, -0.05) is 0 Å². The molecule has 1 aromatic rings. The van der Waals surface area contributed by atoms with E-state index in [2.05, 4.69) is 4.74 Å². The number of aliphatic hydroxyl groups excluding tert-OH is 1. The molecular formula is C12H10F6O4S. The smallest absolute Gasteiger partial charge is 0.341 e. The molecule has 0 unspecified atom stereocenters. The number of benzene rings is 1. The molecule has 1 aliphatic carbocycles. The number of alkyl halides is 6. The lowest BCUT2D eigenvalue weighted by Gasteiger charge is -2.16. The second-order valence-electron chi connectivity index (χ2n) is 4.80. The van der Waals surface area contributed by atoms with Crippen LogP contribution in [0, 0.1) is 0 Å². The molecule has 0 amide bonds. The van der Waals surface area contributed by atoms with Gasteiger partial charge in [0, 0.05) is 17.5 Å². The Morgan fingerprint density at radius 2 is 1.87 bits per heavy atom. The van der Waals surface area contributed by atoms with Gasteiger partial charge in [0.1, 0.15) is 18.5 Å². The quantitative estimate of drug-likeness (QED) is 0.816. The summed E-state index contributed by atoms with van der Waals surface area (Å²) in [6.45, 7) is -1.16. The summed E-state index contributed by atoms with van der Waals surface area (Å²) in [5.74, 6) is -8.23. The fourth-order valence-electron chi connectivity index (χ4n) is 2.28. The van der Waals surface area contributed by atoms with Gasteiger partial charge in [-0.15, -0.1) is 0 Å². The van der Waals surface area contributed by atoms with E-state index in [1.165, 1.54) is 0 Å². The van der Waals surface area contributed by atoms with Gasteiger partial charge < -0.3 is 9.84 Å². The largest absolute Gasteiger partial charge is 0.487 e. The molecule has 0 spiro atoms. The van der Waals surface area contributed by atoms with E-state index in [-0.39, 0.29) is 0 Å². The first-order valence-corrected chi connectivity index (χ1v) is 7.67. The van der Waals surface area contributed by atoms with Crippen LogP contribution in [0.4, 0.5) is 26.3 Å². The average molecular weight is 364 g/mol. The van der Waals surface area contributed by atoms with Gasteiger partial charge in [0.2, 0.25) is 9.84 Å². The van der Waals surface area contributed by atoms with Gasteiger partial charge in [0.15, 0.2) is 0 Å². The van der Waals surface area contributed by atoms with Gasteiger partial charge in [-0.2, -0.15) is 8.78 Å². The number of aliphatic hydroxyl groups is 1. The molecular weight excluding hydrogens is 354 g/mol. The number of hydrogen-bond donors (Lipinski definition) is 1. The van der Waals surface area contributed by atoms with E-state index < -0.39 is 68.8 Å². The van der Waals surface area contributed by atoms with Crippen LogP contribution < -0.4 is 4.74 Å². The molecule has 0 aromatic heterocycles. The summed E-state index contributed by atoms with van der Waals surface area (Å²) in [4.78, 5) is -1.17. The van der Waals surface area contributed by atoms with Crippen LogP contribution in [-0.2, 0) is 16.3 Å². The van der Waals surface area contributed by atoms with Gasteiger partial charge in [-0.3, -0.25) is 0 Å². The number of rotatable bonds is 5. The maximum absolute atomic E-state index is 13.6. The van der Waals surface area contributed by atoms with Gasteiger partial charge in [-0.25, -0.2) is 26.0 Å². The molecule has 1 atom stereocenters. The van der Waals surface area contributed by atoms with Gasteiger partial charge in [0.05, 0.1) is 4.90 Å². The molecule has 0 radical (unpaired) electrons. The van der Waals surface area contributed by atoms with Gasteiger partial charge >= 0.3 is 5.76 Å². The summed E-state index contributed by atoms with van der Waals surface area (Å²) in [7, 11) is -5.26. The highest BCUT2D eigenvalue weighted by Gasteiger charge is 2.51. The number of ether oxygens (including phenoxy) is 1. The second kappa shape index (κ2) is 5.86. The third kappa shape index (κ3) is 3.11. The Labute approximate surface area is 126 Å². The molecule has 2 rings (SSSR count). The molecule has 0 saturated heterocycles. The van der Waals surface area contributed by atoms with Crippen molar-refractivity contribution < 1.29 is 44.6 Å². The first kappa shape index (κ1) is 17.9. The molecule has 1 N–H and O–H groups in total. The van der Waals surface area contributed by atoms with Crippen molar-refractivity contribution >= 4 is 9.84 Å². The van der Waals surface area contributed by atoms with E-state index in [9.17, 15) is 39.9 Å². The molecule has 0 heterocycles. The first-order chi connectivity index (χ1) is 10.5. The monoisotopic (exact) mass is 364 g/mol. The summed E-state index contributed by atoms with van der Waals surface area (Å²) >= 11 is 0. The standard InChI is InChI=1S/C12H10F6O4S/c13-8(14)4-22-6-1-2-7(23(20,21)11(15)16)9-5(6)3-12(17,18)10(9)19/h1-2,8,10-11,19H,3-4H2/t10-/m0/s1. The normalized spacial score (nSPS) is 20.1. The molecule has 0 saturated carbocycles. The molecule has 0 aliphatic heterocycles. The molecule has 1 aromatic carbocycles. The van der Waals surface area contributed by atoms with Crippen LogP contribution in [0.1, 0.15) is 17.2 Å². The van der Waals surface area contributed by atoms with E-state index in [4.69, 9.17) is 0 Å². The van der Waals surface area contributed by atoms with Crippen LogP contribution in [0.3, 0.4) is 0 Å². The predicted octanol–water partition coefficient (Wildman–Crippen LogP) is 2.55. The van der Waals surface area contributed by atoms with Crippen molar-refractivity contribution in [3.05, 3.63) is 23.3 Å². The first-order valence-electron chi connectivity index (χ1n) is 6.13. The van der Waals surface area contributed by atoms with Crippen molar-refractivity contribution in [2.45, 2.75) is 35.5 Å². The number of fused-ring (bicyclic) bond motifs is 1. The van der Waals surface area contributed by atoms with Crippen molar-refractivity contribution in [1.29, 1.82) is 0 Å². The summed E-state index contributed by atoms with van der Waals surface area (Å²) in [5, 5.41) is 9.57. The van der Waals surface area contributed by atoms with Crippen molar-refractivity contribution in [3.63, 3.8) is 0 Å². The molecule has 0 bridgehead atoms. The summed E-state index contributed by atoms with van der Waals surface area (Å²) < 4.78 is 105. The molecule has 4 nitrogen and oxygen atoms in total. The van der Waals surface area contributed by atoms with Crippen LogP contribution in [0.5, 0.6) is 5.75 Å². The maximum atomic E-state index is 13.6. The Kier molecular flexibility index (Phi) is 4.55. The van der Waals surface area contributed by atoms with Gasteiger partial charge in [0.25, 0.3) is 12.3 Å². The number of halogens is 6. The van der Waals surface area contributed by atoms with E-state index in [1.54, 1.807) is 0 Å². The minimum atomic E-state index is -5.26. The minimum Gasteiger partial charge on any atom is -0.487 e. The SMILES string of the molecule is O=S(=O)(c1ccc(OCC(F)F)c2c1[C@H](O)C(F)(F)C2)C(F)F. The van der Waals surface area contributed by atoms with Crippen molar-refractivity contribution in [1.82, 2.24) is 0 Å². The summed E-state index contributed by atoms with van der Waals surface area (Å²) in [5.41, 5.74) is -1.52. The van der Waals surface area contributed by atoms with E-state index >= 15 is 0 Å². The Balaban J connectivity index is 2.61. The van der Waals surface area contributed by atoms with Gasteiger partial charge in [-0.05, 0) is 12.1 Å². The lowest BCUT2D eigenvalue weighted by atomic mass is 10.1. The molecule has 0 fully saturated rings. The van der Waals surface area contributed by atoms with Crippen molar-refractivity contribution in [3.8, 4) is 5.75 Å². The third-order valence-electron chi connectivity index (χ3n) is 3.27. The van der Waals surface area contributed by atoms with Crippen LogP contribution in [0.2, 0.25) is 0 Å². The lowest BCUT2D eigenvalue weighted by Crippen LogP contribution is -2.23. The van der Waals surface area contributed by atoms with Crippen LogP contribution in [-0.4, -0.2) is 38.2 Å². The van der Waals surface area contributed by atoms with Crippen LogP contribution in [0.25, 0.3) is 0 Å². The fourth-order valence-corrected chi connectivity index (χ4v) is 3.27. The zero-order chi connectivity index (χ0) is 17.6. The van der Waals surface area contributed by atoms with E-state index in [0.717, 1.165) is 6.07 Å². The zero-order valence-electron chi connectivity index (χ0n) is 11.1. The predicted molar refractivity (Wildman–Crippen MR) is 64.7 cm³/mol. The molecule has 130 valence electrons. The number of hydrogen-bond acceptors (Lipinski definition) is 4. The maximum Gasteiger partial charge on any atom is 0.341 e. The molecule has 23 heavy (non-hydrogen) atoms. The Morgan fingerprint density at radius 3 is 2.39 bits per heavy atom. The van der Waals surface area contributed by atoms with Crippen molar-refractivity contribution in [2.24, 2.45) is 0 Å². The highest BCUT2D eigenvalue weighted by molar-refractivity contribution is 7.91. The van der Waals surface area contributed by atoms with Crippen LogP contribution >= 0.6 is 0 Å². The molecule has 11 heteroatoms.